The molecule has 8 heteroatoms. The highest BCUT2D eigenvalue weighted by Gasteiger charge is 2.23. The molecule has 0 radical (unpaired) electrons. The molecule has 0 bridgehead atoms. The molecular weight excluding hydrogens is 364 g/mol. The predicted molar refractivity (Wildman–Crippen MR) is 104 cm³/mol. The van der Waals surface area contributed by atoms with Gasteiger partial charge in [0.25, 0.3) is 0 Å². The van der Waals surface area contributed by atoms with Crippen LogP contribution in [0.3, 0.4) is 0 Å². The first-order chi connectivity index (χ1) is 13.0. The molecule has 4 rings (SSSR count). The number of anilines is 2. The maximum atomic E-state index is 13.0. The van der Waals surface area contributed by atoms with Crippen LogP contribution in [-0.4, -0.2) is 36.8 Å². The Morgan fingerprint density at radius 1 is 1.22 bits per heavy atom. The Hall–Kier alpha value is -2.71. The van der Waals surface area contributed by atoms with Crippen LogP contribution in [0, 0.1) is 13.8 Å². The first-order valence-corrected chi connectivity index (χ1v) is 10.1. The third-order valence-corrected chi connectivity index (χ3v) is 6.73. The lowest BCUT2D eigenvalue weighted by molar-refractivity contribution is 0.157. The van der Waals surface area contributed by atoms with E-state index in [2.05, 4.69) is 20.5 Å². The minimum Gasteiger partial charge on any atom is -0.377 e. The van der Waals surface area contributed by atoms with Crippen LogP contribution in [0.25, 0.3) is 10.9 Å². The van der Waals surface area contributed by atoms with Crippen LogP contribution in [0.2, 0.25) is 0 Å². The number of pyridine rings is 1. The predicted octanol–water partition coefficient (Wildman–Crippen LogP) is 3.40. The van der Waals surface area contributed by atoms with Gasteiger partial charge in [-0.2, -0.15) is 5.10 Å². The van der Waals surface area contributed by atoms with Gasteiger partial charge in [-0.05, 0) is 44.2 Å². The summed E-state index contributed by atoms with van der Waals surface area (Å²) in [6.45, 7) is 4.67. The van der Waals surface area contributed by atoms with E-state index in [0.29, 0.717) is 35.9 Å². The second kappa shape index (κ2) is 6.79. The Morgan fingerprint density at radius 2 is 2.07 bits per heavy atom. The first-order valence-electron chi connectivity index (χ1n) is 8.66. The zero-order valence-corrected chi connectivity index (χ0v) is 15.9. The number of hydrogen-bond acceptors (Lipinski definition) is 6. The number of ether oxygens (including phenoxy) is 1. The highest BCUT2D eigenvalue weighted by atomic mass is 32.2. The van der Waals surface area contributed by atoms with Crippen molar-refractivity contribution in [2.24, 2.45) is 0 Å². The number of aromatic nitrogens is 3. The maximum absolute atomic E-state index is 13.0. The molecule has 0 unspecified atom stereocenters. The SMILES string of the molecule is Cc1[nH]nc(Nc2ccnc3ccc(S(=O)(=O)C4=CCOCC4)cc23)c1C. The smallest absolute Gasteiger partial charge is 0.202 e. The average Bonchev–Trinajstić information content (AvgIpc) is 3.00. The van der Waals surface area contributed by atoms with Crippen molar-refractivity contribution < 1.29 is 13.2 Å². The molecule has 0 saturated heterocycles. The third kappa shape index (κ3) is 3.22. The van der Waals surface area contributed by atoms with Gasteiger partial charge in [0.15, 0.2) is 5.82 Å². The van der Waals surface area contributed by atoms with Gasteiger partial charge in [0.2, 0.25) is 9.84 Å². The fourth-order valence-electron chi connectivity index (χ4n) is 3.04. The quantitative estimate of drug-likeness (QED) is 0.716. The Bertz CT molecular complexity index is 1150. The molecule has 0 amide bonds. The molecule has 0 saturated carbocycles. The van der Waals surface area contributed by atoms with Crippen LogP contribution in [0.4, 0.5) is 11.5 Å². The molecule has 2 aromatic heterocycles. The standard InChI is InChI=1S/C19H20N4O3S/c1-12-13(2)22-23-19(12)21-18-5-8-20-17-4-3-15(11-16(17)18)27(24,25)14-6-9-26-10-7-14/h3-6,8,11H,7,9-10H2,1-2H3,(H2,20,21,22,23). The van der Waals surface area contributed by atoms with E-state index in [4.69, 9.17) is 4.74 Å². The van der Waals surface area contributed by atoms with Crippen molar-refractivity contribution in [2.45, 2.75) is 25.2 Å². The number of sulfone groups is 1. The molecule has 0 spiro atoms. The molecule has 1 aromatic carbocycles. The Labute approximate surface area is 157 Å². The van der Waals surface area contributed by atoms with E-state index in [1.165, 1.54) is 0 Å². The van der Waals surface area contributed by atoms with E-state index in [1.807, 2.05) is 19.9 Å². The third-order valence-electron chi connectivity index (χ3n) is 4.80. The van der Waals surface area contributed by atoms with E-state index in [1.54, 1.807) is 30.5 Å². The van der Waals surface area contributed by atoms with E-state index in [-0.39, 0.29) is 4.90 Å². The molecule has 1 aliphatic rings. The lowest BCUT2D eigenvalue weighted by atomic mass is 10.2. The van der Waals surface area contributed by atoms with Gasteiger partial charge in [0.1, 0.15) is 0 Å². The van der Waals surface area contributed by atoms with Crippen LogP contribution in [0.1, 0.15) is 17.7 Å². The Balaban J connectivity index is 1.79. The molecule has 3 heterocycles. The highest BCUT2D eigenvalue weighted by molar-refractivity contribution is 7.95. The van der Waals surface area contributed by atoms with E-state index in [0.717, 1.165) is 22.3 Å². The number of fused-ring (bicyclic) bond motifs is 1. The van der Waals surface area contributed by atoms with E-state index in [9.17, 15) is 8.42 Å². The molecule has 27 heavy (non-hydrogen) atoms. The van der Waals surface area contributed by atoms with Gasteiger partial charge in [0, 0.05) is 34.2 Å². The summed E-state index contributed by atoms with van der Waals surface area (Å²) in [6, 6.07) is 6.83. The lowest BCUT2D eigenvalue weighted by Gasteiger charge is -2.15. The normalized spacial score (nSPS) is 15.0. The van der Waals surface area contributed by atoms with E-state index < -0.39 is 9.84 Å². The number of nitrogens with one attached hydrogen (secondary N) is 2. The van der Waals surface area contributed by atoms with Crippen LogP contribution in [-0.2, 0) is 14.6 Å². The number of aromatic amines is 1. The second-order valence-corrected chi connectivity index (χ2v) is 8.49. The zero-order valence-electron chi connectivity index (χ0n) is 15.1. The van der Waals surface area contributed by atoms with Crippen molar-refractivity contribution in [2.75, 3.05) is 18.5 Å². The van der Waals surface area contributed by atoms with Crippen LogP contribution in [0.15, 0.2) is 46.3 Å². The van der Waals surface area contributed by atoms with Crippen molar-refractivity contribution >= 4 is 32.2 Å². The molecule has 2 N–H and O–H groups in total. The summed E-state index contributed by atoms with van der Waals surface area (Å²) in [4.78, 5) is 5.02. The van der Waals surface area contributed by atoms with Gasteiger partial charge in [-0.3, -0.25) is 10.1 Å². The van der Waals surface area contributed by atoms with Crippen molar-refractivity contribution in [1.82, 2.24) is 15.2 Å². The second-order valence-electron chi connectivity index (χ2n) is 6.48. The van der Waals surface area contributed by atoms with Crippen LogP contribution < -0.4 is 5.32 Å². The molecule has 7 nitrogen and oxygen atoms in total. The van der Waals surface area contributed by atoms with Gasteiger partial charge in [-0.15, -0.1) is 0 Å². The molecule has 0 fully saturated rings. The molecule has 140 valence electrons. The summed E-state index contributed by atoms with van der Waals surface area (Å²) in [5.74, 6) is 0.709. The maximum Gasteiger partial charge on any atom is 0.202 e. The Kier molecular flexibility index (Phi) is 4.45. The number of nitrogens with zero attached hydrogens (tertiary/aromatic N) is 2. The molecule has 3 aromatic rings. The zero-order chi connectivity index (χ0) is 19.0. The minimum absolute atomic E-state index is 0.258. The Morgan fingerprint density at radius 3 is 2.78 bits per heavy atom. The van der Waals surface area contributed by atoms with Crippen LogP contribution >= 0.6 is 0 Å². The van der Waals surface area contributed by atoms with Crippen molar-refractivity contribution in [3.8, 4) is 0 Å². The average molecular weight is 384 g/mol. The topological polar surface area (TPSA) is 97.0 Å². The monoisotopic (exact) mass is 384 g/mol. The number of hydrogen-bond donors (Lipinski definition) is 2. The number of H-pyrrole nitrogens is 1. The highest BCUT2D eigenvalue weighted by Crippen LogP contribution is 2.31. The number of rotatable bonds is 4. The van der Waals surface area contributed by atoms with Crippen molar-refractivity contribution in [3.05, 3.63) is 52.7 Å². The van der Waals surface area contributed by atoms with Gasteiger partial charge >= 0.3 is 0 Å². The van der Waals surface area contributed by atoms with Gasteiger partial charge < -0.3 is 10.1 Å². The van der Waals surface area contributed by atoms with E-state index >= 15 is 0 Å². The molecular formula is C19H20N4O3S. The molecule has 0 aliphatic carbocycles. The largest absolute Gasteiger partial charge is 0.377 e. The van der Waals surface area contributed by atoms with Gasteiger partial charge in [-0.1, -0.05) is 0 Å². The first kappa shape index (κ1) is 17.7. The summed E-state index contributed by atoms with van der Waals surface area (Å²) in [5.41, 5.74) is 3.46. The molecule has 1 aliphatic heterocycles. The summed E-state index contributed by atoms with van der Waals surface area (Å²) in [5, 5.41) is 11.2. The summed E-state index contributed by atoms with van der Waals surface area (Å²) >= 11 is 0. The fraction of sp³-hybridized carbons (Fsp3) is 0.263. The lowest BCUT2D eigenvalue weighted by Crippen LogP contribution is -2.13. The number of aryl methyl sites for hydroxylation is 1. The van der Waals surface area contributed by atoms with Gasteiger partial charge in [0.05, 0.1) is 29.3 Å². The number of benzene rings is 1. The van der Waals surface area contributed by atoms with Crippen LogP contribution in [0.5, 0.6) is 0 Å². The summed E-state index contributed by atoms with van der Waals surface area (Å²) in [7, 11) is -3.54. The summed E-state index contributed by atoms with van der Waals surface area (Å²) in [6.07, 6.45) is 3.72. The van der Waals surface area contributed by atoms with Gasteiger partial charge in [-0.25, -0.2) is 8.42 Å². The fourth-order valence-corrected chi connectivity index (χ4v) is 4.50. The van der Waals surface area contributed by atoms with Crippen molar-refractivity contribution in [3.63, 3.8) is 0 Å². The minimum atomic E-state index is -3.54. The molecule has 0 atom stereocenters. The van der Waals surface area contributed by atoms with Crippen molar-refractivity contribution in [1.29, 1.82) is 0 Å². The summed E-state index contributed by atoms with van der Waals surface area (Å²) < 4.78 is 31.2.